The van der Waals surface area contributed by atoms with Gasteiger partial charge in [0.05, 0.1) is 11.6 Å². The summed E-state index contributed by atoms with van der Waals surface area (Å²) in [5.41, 5.74) is 6.27. The van der Waals surface area contributed by atoms with Gasteiger partial charge in [-0.05, 0) is 34.9 Å². The zero-order valence-corrected chi connectivity index (χ0v) is 15.2. The molecule has 1 aromatic heterocycles. The molecule has 0 fully saturated rings. The van der Waals surface area contributed by atoms with Crippen molar-refractivity contribution in [2.45, 2.75) is 12.0 Å². The summed E-state index contributed by atoms with van der Waals surface area (Å²) < 4.78 is 0. The highest BCUT2D eigenvalue weighted by molar-refractivity contribution is 5.88. The van der Waals surface area contributed by atoms with E-state index in [0.29, 0.717) is 5.56 Å². The van der Waals surface area contributed by atoms with Crippen LogP contribution in [0.25, 0.3) is 10.9 Å². The molecule has 0 saturated heterocycles. The predicted octanol–water partition coefficient (Wildman–Crippen LogP) is 4.69. The molecule has 1 aliphatic rings. The van der Waals surface area contributed by atoms with Gasteiger partial charge in [0.15, 0.2) is 0 Å². The highest BCUT2D eigenvalue weighted by Crippen LogP contribution is 2.41. The molecule has 3 N–H and O–H groups in total. The molecule has 28 heavy (non-hydrogen) atoms. The third kappa shape index (κ3) is 2.70. The van der Waals surface area contributed by atoms with E-state index in [-0.39, 0.29) is 12.0 Å². The molecule has 0 spiro atoms. The van der Waals surface area contributed by atoms with Gasteiger partial charge in [-0.1, -0.05) is 60.7 Å². The van der Waals surface area contributed by atoms with Crippen LogP contribution >= 0.6 is 0 Å². The summed E-state index contributed by atoms with van der Waals surface area (Å²) in [6, 6.07) is 26.1. The van der Waals surface area contributed by atoms with Crippen LogP contribution < -0.4 is 5.32 Å². The normalized spacial score (nSPS) is 18.7. The lowest BCUT2D eigenvalue weighted by molar-refractivity contribution is 0.0697. The van der Waals surface area contributed by atoms with Gasteiger partial charge in [-0.15, -0.1) is 0 Å². The number of carboxylic acids is 1. The molecule has 3 aromatic carbocycles. The van der Waals surface area contributed by atoms with Crippen LogP contribution in [0.5, 0.6) is 0 Å². The molecule has 1 aliphatic heterocycles. The number of aromatic carboxylic acids is 1. The first-order valence-corrected chi connectivity index (χ1v) is 9.44. The standard InChI is InChI=1S/C24H20N2O2/c27-24(28)17-12-10-16(11-13-17)22-23-21(18-8-4-5-9-20(18)26-23)19(14-25-22)15-6-2-1-3-7-15/h1-13,19,22,25-26H,14H2,(H,27,28). The second kappa shape index (κ2) is 6.66. The molecule has 2 heterocycles. The van der Waals surface area contributed by atoms with Crippen molar-refractivity contribution in [2.75, 3.05) is 6.54 Å². The third-order valence-corrected chi connectivity index (χ3v) is 5.63. The average Bonchev–Trinajstić information content (AvgIpc) is 3.13. The van der Waals surface area contributed by atoms with E-state index in [9.17, 15) is 9.90 Å². The smallest absolute Gasteiger partial charge is 0.335 e. The van der Waals surface area contributed by atoms with Crippen LogP contribution in [0.3, 0.4) is 0 Å². The Morgan fingerprint density at radius 1 is 0.857 bits per heavy atom. The largest absolute Gasteiger partial charge is 0.478 e. The molecule has 2 unspecified atom stereocenters. The number of aromatic nitrogens is 1. The van der Waals surface area contributed by atoms with Gasteiger partial charge >= 0.3 is 5.97 Å². The molecule has 138 valence electrons. The van der Waals surface area contributed by atoms with Crippen molar-refractivity contribution < 1.29 is 9.90 Å². The quantitative estimate of drug-likeness (QED) is 0.491. The molecule has 4 heteroatoms. The van der Waals surface area contributed by atoms with Gasteiger partial charge in [0.25, 0.3) is 0 Å². The van der Waals surface area contributed by atoms with Crippen molar-refractivity contribution in [1.29, 1.82) is 0 Å². The molecule has 0 aliphatic carbocycles. The van der Waals surface area contributed by atoms with E-state index in [1.807, 2.05) is 24.3 Å². The second-order valence-corrected chi connectivity index (χ2v) is 7.23. The lowest BCUT2D eigenvalue weighted by atomic mass is 9.83. The Morgan fingerprint density at radius 2 is 1.57 bits per heavy atom. The highest BCUT2D eigenvalue weighted by atomic mass is 16.4. The van der Waals surface area contributed by atoms with Crippen molar-refractivity contribution in [3.05, 3.63) is 107 Å². The summed E-state index contributed by atoms with van der Waals surface area (Å²) in [5, 5.41) is 14.1. The first-order valence-electron chi connectivity index (χ1n) is 9.44. The molecule has 0 bridgehead atoms. The van der Waals surface area contributed by atoms with Crippen molar-refractivity contribution in [1.82, 2.24) is 10.3 Å². The fourth-order valence-corrected chi connectivity index (χ4v) is 4.30. The van der Waals surface area contributed by atoms with Gasteiger partial charge in [-0.25, -0.2) is 4.79 Å². The fourth-order valence-electron chi connectivity index (χ4n) is 4.30. The van der Waals surface area contributed by atoms with Crippen LogP contribution in [0.1, 0.15) is 44.7 Å². The van der Waals surface area contributed by atoms with E-state index in [1.54, 1.807) is 12.1 Å². The molecule has 5 rings (SSSR count). The number of H-pyrrole nitrogens is 1. The Bertz CT molecular complexity index is 1150. The molecule has 4 aromatic rings. The van der Waals surface area contributed by atoms with Crippen molar-refractivity contribution >= 4 is 16.9 Å². The molecular formula is C24H20N2O2. The van der Waals surface area contributed by atoms with Gasteiger partial charge in [-0.2, -0.15) is 0 Å². The van der Waals surface area contributed by atoms with E-state index in [4.69, 9.17) is 0 Å². The van der Waals surface area contributed by atoms with Crippen LogP contribution in [0.15, 0.2) is 78.9 Å². The predicted molar refractivity (Wildman–Crippen MR) is 110 cm³/mol. The first-order chi connectivity index (χ1) is 13.7. The van der Waals surface area contributed by atoms with E-state index >= 15 is 0 Å². The highest BCUT2D eigenvalue weighted by Gasteiger charge is 2.32. The lowest BCUT2D eigenvalue weighted by Crippen LogP contribution is -2.34. The van der Waals surface area contributed by atoms with Crippen molar-refractivity contribution in [3.63, 3.8) is 0 Å². The minimum absolute atomic E-state index is 0.00482. The minimum atomic E-state index is -0.904. The van der Waals surface area contributed by atoms with Crippen LogP contribution in [-0.2, 0) is 0 Å². The average molecular weight is 368 g/mol. The summed E-state index contributed by atoms with van der Waals surface area (Å²) in [4.78, 5) is 14.8. The number of carbonyl (C=O) groups is 1. The first kappa shape index (κ1) is 16.8. The number of hydrogen-bond donors (Lipinski definition) is 3. The van der Waals surface area contributed by atoms with Gasteiger partial charge in [0.2, 0.25) is 0 Å². The number of aromatic amines is 1. The molecular weight excluding hydrogens is 348 g/mol. The number of benzene rings is 3. The SMILES string of the molecule is O=C(O)c1ccc(C2NCC(c3ccccc3)c3c2[nH]c2ccccc32)cc1. The van der Waals surface area contributed by atoms with Crippen molar-refractivity contribution in [3.8, 4) is 0 Å². The Kier molecular flexibility index (Phi) is 3.99. The summed E-state index contributed by atoms with van der Waals surface area (Å²) in [5.74, 6) is -0.638. The summed E-state index contributed by atoms with van der Waals surface area (Å²) in [7, 11) is 0. The Morgan fingerprint density at radius 3 is 2.32 bits per heavy atom. The molecule has 4 nitrogen and oxygen atoms in total. The van der Waals surface area contributed by atoms with Crippen molar-refractivity contribution in [2.24, 2.45) is 0 Å². The zero-order valence-electron chi connectivity index (χ0n) is 15.2. The van der Waals surface area contributed by atoms with Crippen LogP contribution in [0.2, 0.25) is 0 Å². The second-order valence-electron chi connectivity index (χ2n) is 7.23. The zero-order chi connectivity index (χ0) is 19.1. The number of nitrogens with one attached hydrogen (secondary N) is 2. The molecule has 0 amide bonds. The van der Waals surface area contributed by atoms with Gasteiger partial charge in [-0.3, -0.25) is 0 Å². The summed E-state index contributed by atoms with van der Waals surface area (Å²) in [6.07, 6.45) is 0. The van der Waals surface area contributed by atoms with E-state index < -0.39 is 5.97 Å². The number of hydrogen-bond acceptors (Lipinski definition) is 2. The van der Waals surface area contributed by atoms with E-state index in [2.05, 4.69) is 52.8 Å². The number of rotatable bonds is 3. The number of fused-ring (bicyclic) bond motifs is 3. The number of carboxylic acid groups (broad SMARTS) is 1. The number of para-hydroxylation sites is 1. The Labute approximate surface area is 162 Å². The maximum atomic E-state index is 11.2. The Balaban J connectivity index is 1.65. The van der Waals surface area contributed by atoms with Crippen LogP contribution in [0.4, 0.5) is 0 Å². The van der Waals surface area contributed by atoms with E-state index in [0.717, 1.165) is 23.3 Å². The van der Waals surface area contributed by atoms with E-state index in [1.165, 1.54) is 16.5 Å². The van der Waals surface area contributed by atoms with Crippen LogP contribution in [0, 0.1) is 0 Å². The summed E-state index contributed by atoms with van der Waals surface area (Å²) in [6.45, 7) is 0.824. The molecule has 0 radical (unpaired) electrons. The fraction of sp³-hybridized carbons (Fsp3) is 0.125. The molecule has 0 saturated carbocycles. The van der Waals surface area contributed by atoms with Gasteiger partial charge in [0.1, 0.15) is 0 Å². The maximum absolute atomic E-state index is 11.2. The maximum Gasteiger partial charge on any atom is 0.335 e. The monoisotopic (exact) mass is 368 g/mol. The van der Waals surface area contributed by atoms with Gasteiger partial charge in [0, 0.05) is 29.1 Å². The summed E-state index contributed by atoms with van der Waals surface area (Å²) >= 11 is 0. The van der Waals surface area contributed by atoms with Gasteiger partial charge < -0.3 is 15.4 Å². The minimum Gasteiger partial charge on any atom is -0.478 e. The Hall–Kier alpha value is -3.37. The lowest BCUT2D eigenvalue weighted by Gasteiger charge is -2.31. The molecule has 2 atom stereocenters. The third-order valence-electron chi connectivity index (χ3n) is 5.63. The van der Waals surface area contributed by atoms with Crippen LogP contribution in [-0.4, -0.2) is 22.6 Å². The topological polar surface area (TPSA) is 65.1 Å².